The lowest BCUT2D eigenvalue weighted by Gasteiger charge is -2.27. The molecule has 0 spiro atoms. The third-order valence-electron chi connectivity index (χ3n) is 5.10. The molecule has 0 bridgehead atoms. The molecule has 2 aliphatic heterocycles. The average Bonchev–Trinajstić information content (AvgIpc) is 3.08. The van der Waals surface area contributed by atoms with Gasteiger partial charge in [-0.05, 0) is 53.8 Å². The van der Waals surface area contributed by atoms with E-state index in [1.54, 1.807) is 6.08 Å². The molecular formula is C22H24N2O2. The van der Waals surface area contributed by atoms with Crippen molar-refractivity contribution in [2.75, 3.05) is 25.0 Å². The van der Waals surface area contributed by atoms with E-state index in [4.69, 9.17) is 4.74 Å². The lowest BCUT2D eigenvalue weighted by Crippen LogP contribution is -2.33. The molecule has 2 aliphatic rings. The van der Waals surface area contributed by atoms with E-state index in [1.807, 2.05) is 24.3 Å². The Balaban J connectivity index is 1.31. The lowest BCUT2D eigenvalue weighted by molar-refractivity contribution is -0.116. The summed E-state index contributed by atoms with van der Waals surface area (Å²) in [5.74, 6) is 0.848. The van der Waals surface area contributed by atoms with Crippen molar-refractivity contribution in [2.24, 2.45) is 0 Å². The lowest BCUT2D eigenvalue weighted by atomic mass is 9.99. The standard InChI is InChI=1S/C22H24N2O2/c1-24-12-4-6-17-13-16(8-10-20(17)24)9-11-22(25)23-15-19-14-18-5-2-3-7-21(18)26-19/h2-3,5,7-11,13,19H,4,6,12,14-15H2,1H3,(H,23,25)/b11-9-/t19-/m0/s1. The number of rotatable bonds is 4. The van der Waals surface area contributed by atoms with Crippen LogP contribution < -0.4 is 15.0 Å². The molecule has 1 atom stereocenters. The average molecular weight is 348 g/mol. The Morgan fingerprint density at radius 2 is 2.15 bits per heavy atom. The highest BCUT2D eigenvalue weighted by Gasteiger charge is 2.22. The van der Waals surface area contributed by atoms with E-state index in [1.165, 1.54) is 23.2 Å². The van der Waals surface area contributed by atoms with Crippen LogP contribution in [0.25, 0.3) is 6.08 Å². The van der Waals surface area contributed by atoms with Gasteiger partial charge in [-0.3, -0.25) is 4.79 Å². The van der Waals surface area contributed by atoms with E-state index in [-0.39, 0.29) is 12.0 Å². The number of ether oxygens (including phenoxy) is 1. The van der Waals surface area contributed by atoms with Crippen LogP contribution in [-0.2, 0) is 17.6 Å². The van der Waals surface area contributed by atoms with Gasteiger partial charge in [0.25, 0.3) is 0 Å². The molecule has 1 amide bonds. The van der Waals surface area contributed by atoms with Crippen molar-refractivity contribution in [1.29, 1.82) is 0 Å². The van der Waals surface area contributed by atoms with Gasteiger partial charge in [0.05, 0.1) is 6.54 Å². The smallest absolute Gasteiger partial charge is 0.244 e. The van der Waals surface area contributed by atoms with Gasteiger partial charge in [-0.15, -0.1) is 0 Å². The van der Waals surface area contributed by atoms with Gasteiger partial charge in [-0.25, -0.2) is 0 Å². The highest BCUT2D eigenvalue weighted by atomic mass is 16.5. The summed E-state index contributed by atoms with van der Waals surface area (Å²) in [6.07, 6.45) is 6.64. The van der Waals surface area contributed by atoms with E-state index in [0.717, 1.165) is 30.7 Å². The number of para-hydroxylation sites is 1. The molecule has 0 radical (unpaired) electrons. The first kappa shape index (κ1) is 16.7. The maximum atomic E-state index is 12.1. The molecule has 2 aromatic carbocycles. The predicted molar refractivity (Wildman–Crippen MR) is 105 cm³/mol. The van der Waals surface area contributed by atoms with Gasteiger partial charge < -0.3 is 15.0 Å². The number of carbonyl (C=O) groups excluding carboxylic acids is 1. The number of benzene rings is 2. The summed E-state index contributed by atoms with van der Waals surface area (Å²) in [7, 11) is 2.13. The van der Waals surface area contributed by atoms with Gasteiger partial charge in [0.15, 0.2) is 0 Å². The molecule has 4 rings (SSSR count). The normalized spacial score (nSPS) is 18.3. The Morgan fingerprint density at radius 1 is 1.27 bits per heavy atom. The van der Waals surface area contributed by atoms with Crippen molar-refractivity contribution in [3.63, 3.8) is 0 Å². The number of hydrogen-bond donors (Lipinski definition) is 1. The fourth-order valence-corrected chi connectivity index (χ4v) is 3.72. The Bertz CT molecular complexity index is 819. The Kier molecular flexibility index (Phi) is 4.65. The van der Waals surface area contributed by atoms with Crippen molar-refractivity contribution >= 4 is 17.7 Å². The molecule has 0 unspecified atom stereocenters. The highest BCUT2D eigenvalue weighted by molar-refractivity contribution is 5.91. The third kappa shape index (κ3) is 3.59. The highest BCUT2D eigenvalue weighted by Crippen LogP contribution is 2.28. The van der Waals surface area contributed by atoms with Crippen LogP contribution in [0.15, 0.2) is 48.5 Å². The van der Waals surface area contributed by atoms with Crippen molar-refractivity contribution in [3.05, 3.63) is 65.2 Å². The Morgan fingerprint density at radius 3 is 3.04 bits per heavy atom. The van der Waals surface area contributed by atoms with Crippen LogP contribution in [-0.4, -0.2) is 32.1 Å². The Hall–Kier alpha value is -2.75. The number of carbonyl (C=O) groups is 1. The van der Waals surface area contributed by atoms with E-state index in [2.05, 4.69) is 41.5 Å². The molecule has 1 N–H and O–H groups in total. The third-order valence-corrected chi connectivity index (χ3v) is 5.10. The zero-order valence-corrected chi connectivity index (χ0v) is 15.1. The second-order valence-corrected chi connectivity index (χ2v) is 7.04. The number of fused-ring (bicyclic) bond motifs is 2. The van der Waals surface area contributed by atoms with Gasteiger partial charge in [0.2, 0.25) is 5.91 Å². The molecular weight excluding hydrogens is 324 g/mol. The molecule has 0 aromatic heterocycles. The topological polar surface area (TPSA) is 41.6 Å². The van der Waals surface area contributed by atoms with Gasteiger partial charge in [-0.2, -0.15) is 0 Å². The largest absolute Gasteiger partial charge is 0.488 e. The molecule has 0 fully saturated rings. The molecule has 0 aliphatic carbocycles. The summed E-state index contributed by atoms with van der Waals surface area (Å²) >= 11 is 0. The van der Waals surface area contributed by atoms with Gasteiger partial charge in [0, 0.05) is 31.8 Å². The minimum absolute atomic E-state index is 0.0176. The maximum Gasteiger partial charge on any atom is 0.244 e. The number of nitrogens with one attached hydrogen (secondary N) is 1. The van der Waals surface area contributed by atoms with Gasteiger partial charge >= 0.3 is 0 Å². The molecule has 4 nitrogen and oxygen atoms in total. The summed E-state index contributed by atoms with van der Waals surface area (Å²) in [5.41, 5.74) is 4.94. The minimum atomic E-state index is -0.0839. The summed E-state index contributed by atoms with van der Waals surface area (Å²) in [6.45, 7) is 1.63. The van der Waals surface area contributed by atoms with Crippen molar-refractivity contribution in [2.45, 2.75) is 25.4 Å². The van der Waals surface area contributed by atoms with Crippen LogP contribution in [0.5, 0.6) is 5.75 Å². The summed E-state index contributed by atoms with van der Waals surface area (Å²) < 4.78 is 5.85. The zero-order chi connectivity index (χ0) is 17.9. The first-order valence-corrected chi connectivity index (χ1v) is 9.23. The second kappa shape index (κ2) is 7.24. The van der Waals surface area contributed by atoms with E-state index >= 15 is 0 Å². The number of nitrogens with zero attached hydrogens (tertiary/aromatic N) is 1. The maximum absolute atomic E-state index is 12.1. The number of aryl methyl sites for hydroxylation is 1. The second-order valence-electron chi connectivity index (χ2n) is 7.04. The fraction of sp³-hybridized carbons (Fsp3) is 0.318. The van der Waals surface area contributed by atoms with Gasteiger partial charge in [0.1, 0.15) is 11.9 Å². The predicted octanol–water partition coefficient (Wildman–Crippen LogP) is 3.20. The van der Waals surface area contributed by atoms with Crippen molar-refractivity contribution in [1.82, 2.24) is 5.32 Å². The van der Waals surface area contributed by atoms with E-state index < -0.39 is 0 Å². The van der Waals surface area contributed by atoms with Crippen LogP contribution in [0.2, 0.25) is 0 Å². The first-order valence-electron chi connectivity index (χ1n) is 9.23. The van der Waals surface area contributed by atoms with Crippen LogP contribution in [0.3, 0.4) is 0 Å². The molecule has 26 heavy (non-hydrogen) atoms. The SMILES string of the molecule is CN1CCCc2cc(/C=C\C(=O)NC[C@@H]3Cc4ccccc4O3)ccc21. The molecule has 4 heteroatoms. The van der Waals surface area contributed by atoms with E-state index in [0.29, 0.717) is 6.54 Å². The monoisotopic (exact) mass is 348 g/mol. The summed E-state index contributed by atoms with van der Waals surface area (Å²) in [6, 6.07) is 14.4. The van der Waals surface area contributed by atoms with Crippen molar-refractivity contribution in [3.8, 4) is 5.75 Å². The number of amides is 1. The fourth-order valence-electron chi connectivity index (χ4n) is 3.72. The quantitative estimate of drug-likeness (QED) is 0.863. The molecule has 0 saturated heterocycles. The molecule has 134 valence electrons. The van der Waals surface area contributed by atoms with Crippen molar-refractivity contribution < 1.29 is 9.53 Å². The van der Waals surface area contributed by atoms with Crippen LogP contribution in [0, 0.1) is 0 Å². The molecule has 2 heterocycles. The summed E-state index contributed by atoms with van der Waals surface area (Å²) in [4.78, 5) is 14.4. The molecule has 2 aromatic rings. The molecule has 0 saturated carbocycles. The number of hydrogen-bond acceptors (Lipinski definition) is 3. The van der Waals surface area contributed by atoms with Gasteiger partial charge in [-0.1, -0.05) is 24.3 Å². The number of anilines is 1. The van der Waals surface area contributed by atoms with Crippen LogP contribution in [0.4, 0.5) is 5.69 Å². The Labute approximate surface area is 154 Å². The van der Waals surface area contributed by atoms with E-state index in [9.17, 15) is 4.79 Å². The van der Waals surface area contributed by atoms with Crippen LogP contribution >= 0.6 is 0 Å². The zero-order valence-electron chi connectivity index (χ0n) is 15.1. The summed E-state index contributed by atoms with van der Waals surface area (Å²) in [5, 5.41) is 2.94. The minimum Gasteiger partial charge on any atom is -0.488 e. The van der Waals surface area contributed by atoms with Crippen LogP contribution in [0.1, 0.15) is 23.1 Å². The first-order chi connectivity index (χ1) is 12.7.